The van der Waals surface area contributed by atoms with E-state index in [1.54, 1.807) is 45.3 Å². The number of aryl methyl sites for hydroxylation is 2. The van der Waals surface area contributed by atoms with Gasteiger partial charge in [0.05, 0.1) is 18.4 Å². The van der Waals surface area contributed by atoms with Gasteiger partial charge in [-0.15, -0.1) is 0 Å². The number of rotatable bonds is 3. The van der Waals surface area contributed by atoms with E-state index in [9.17, 15) is 4.79 Å². The Hall–Kier alpha value is -1.81. The standard InChI is InChI=1S/C13H13ClN2O2/c1-8-11(13(14)16(2)15-8)12(17)9-5-4-6-10(7-9)18-3/h4-7H,1-3H3. The van der Waals surface area contributed by atoms with E-state index in [4.69, 9.17) is 16.3 Å². The number of methoxy groups -OCH3 is 1. The quantitative estimate of drug-likeness (QED) is 0.801. The molecular formula is C13H13ClN2O2. The maximum absolute atomic E-state index is 12.4. The lowest BCUT2D eigenvalue weighted by Gasteiger charge is -2.03. The lowest BCUT2D eigenvalue weighted by molar-refractivity contribution is 0.103. The second-order valence-electron chi connectivity index (χ2n) is 3.94. The van der Waals surface area contributed by atoms with Crippen molar-refractivity contribution < 1.29 is 9.53 Å². The molecule has 0 amide bonds. The van der Waals surface area contributed by atoms with Gasteiger partial charge in [-0.1, -0.05) is 23.7 Å². The molecule has 5 heteroatoms. The summed E-state index contributed by atoms with van der Waals surface area (Å²) >= 11 is 6.08. The number of ether oxygens (including phenoxy) is 1. The molecule has 0 aliphatic carbocycles. The molecule has 94 valence electrons. The van der Waals surface area contributed by atoms with Gasteiger partial charge < -0.3 is 4.74 Å². The van der Waals surface area contributed by atoms with E-state index in [0.29, 0.717) is 27.7 Å². The SMILES string of the molecule is COc1cccc(C(=O)c2c(C)nn(C)c2Cl)c1. The zero-order chi connectivity index (χ0) is 13.3. The molecule has 2 aromatic rings. The van der Waals surface area contributed by atoms with Crippen molar-refractivity contribution >= 4 is 17.4 Å². The largest absolute Gasteiger partial charge is 0.497 e. The summed E-state index contributed by atoms with van der Waals surface area (Å²) in [5.41, 5.74) is 1.59. The highest BCUT2D eigenvalue weighted by Crippen LogP contribution is 2.23. The van der Waals surface area contributed by atoms with Crippen LogP contribution < -0.4 is 4.74 Å². The number of nitrogens with zero attached hydrogens (tertiary/aromatic N) is 2. The molecule has 1 aromatic carbocycles. The van der Waals surface area contributed by atoms with Crippen LogP contribution in [0.15, 0.2) is 24.3 Å². The Morgan fingerprint density at radius 1 is 1.44 bits per heavy atom. The first-order valence-electron chi connectivity index (χ1n) is 5.42. The van der Waals surface area contributed by atoms with Crippen molar-refractivity contribution in [1.82, 2.24) is 9.78 Å². The van der Waals surface area contributed by atoms with Crippen molar-refractivity contribution in [2.75, 3.05) is 7.11 Å². The number of carbonyl (C=O) groups excluding carboxylic acids is 1. The number of benzene rings is 1. The fourth-order valence-corrected chi connectivity index (χ4v) is 2.06. The zero-order valence-corrected chi connectivity index (χ0v) is 11.2. The first-order valence-corrected chi connectivity index (χ1v) is 5.80. The minimum absolute atomic E-state index is 0.149. The number of halogens is 1. The Labute approximate surface area is 110 Å². The van der Waals surface area contributed by atoms with Gasteiger partial charge in [0.2, 0.25) is 0 Å². The van der Waals surface area contributed by atoms with E-state index >= 15 is 0 Å². The third kappa shape index (κ3) is 2.11. The van der Waals surface area contributed by atoms with Crippen molar-refractivity contribution in [3.05, 3.63) is 46.2 Å². The van der Waals surface area contributed by atoms with Gasteiger partial charge in [0, 0.05) is 12.6 Å². The third-order valence-corrected chi connectivity index (χ3v) is 3.14. The molecule has 0 fully saturated rings. The second-order valence-corrected chi connectivity index (χ2v) is 4.29. The summed E-state index contributed by atoms with van der Waals surface area (Å²) in [5, 5.41) is 4.48. The minimum atomic E-state index is -0.149. The molecule has 0 atom stereocenters. The Kier molecular flexibility index (Phi) is 3.39. The molecule has 1 aromatic heterocycles. The lowest BCUT2D eigenvalue weighted by Crippen LogP contribution is -2.03. The Balaban J connectivity index is 2.47. The summed E-state index contributed by atoms with van der Waals surface area (Å²) in [4.78, 5) is 12.4. The summed E-state index contributed by atoms with van der Waals surface area (Å²) in [6, 6.07) is 6.97. The van der Waals surface area contributed by atoms with Crippen LogP contribution in [-0.4, -0.2) is 22.7 Å². The van der Waals surface area contributed by atoms with E-state index in [1.807, 2.05) is 0 Å². The van der Waals surface area contributed by atoms with Crippen LogP contribution in [0.2, 0.25) is 5.15 Å². The van der Waals surface area contributed by atoms with Crippen molar-refractivity contribution in [2.45, 2.75) is 6.92 Å². The molecule has 4 nitrogen and oxygen atoms in total. The minimum Gasteiger partial charge on any atom is -0.497 e. The third-order valence-electron chi connectivity index (χ3n) is 2.71. The molecule has 0 bridgehead atoms. The number of hydrogen-bond acceptors (Lipinski definition) is 3. The maximum Gasteiger partial charge on any atom is 0.198 e. The highest BCUT2D eigenvalue weighted by Gasteiger charge is 2.20. The number of ketones is 1. The Morgan fingerprint density at radius 3 is 2.72 bits per heavy atom. The molecule has 0 saturated heterocycles. The highest BCUT2D eigenvalue weighted by atomic mass is 35.5. The summed E-state index contributed by atoms with van der Waals surface area (Å²) in [7, 11) is 3.27. The summed E-state index contributed by atoms with van der Waals surface area (Å²) in [6.07, 6.45) is 0. The van der Waals surface area contributed by atoms with Crippen LogP contribution in [-0.2, 0) is 7.05 Å². The van der Waals surface area contributed by atoms with Gasteiger partial charge in [-0.2, -0.15) is 5.10 Å². The van der Waals surface area contributed by atoms with Crippen LogP contribution >= 0.6 is 11.6 Å². The monoisotopic (exact) mass is 264 g/mol. The molecule has 0 unspecified atom stereocenters. The fourth-order valence-electron chi connectivity index (χ4n) is 1.80. The first kappa shape index (κ1) is 12.6. The van der Waals surface area contributed by atoms with Crippen LogP contribution in [0, 0.1) is 6.92 Å². The molecule has 0 spiro atoms. The summed E-state index contributed by atoms with van der Waals surface area (Å²) < 4.78 is 6.59. The van der Waals surface area contributed by atoms with Gasteiger partial charge in [0.1, 0.15) is 10.9 Å². The van der Waals surface area contributed by atoms with Crippen LogP contribution in [0.25, 0.3) is 0 Å². The van der Waals surface area contributed by atoms with Crippen LogP contribution in [0.5, 0.6) is 5.75 Å². The molecule has 2 rings (SSSR count). The van der Waals surface area contributed by atoms with Gasteiger partial charge in [-0.3, -0.25) is 9.48 Å². The van der Waals surface area contributed by atoms with E-state index in [1.165, 1.54) is 4.68 Å². The first-order chi connectivity index (χ1) is 8.54. The molecule has 0 aliphatic rings. The van der Waals surface area contributed by atoms with Gasteiger partial charge in [0.15, 0.2) is 5.78 Å². The van der Waals surface area contributed by atoms with E-state index in [0.717, 1.165) is 0 Å². The van der Waals surface area contributed by atoms with Crippen LogP contribution in [0.3, 0.4) is 0 Å². The van der Waals surface area contributed by atoms with E-state index < -0.39 is 0 Å². The van der Waals surface area contributed by atoms with Crippen LogP contribution in [0.1, 0.15) is 21.6 Å². The molecule has 0 aliphatic heterocycles. The predicted octanol–water partition coefficient (Wildman–Crippen LogP) is 2.62. The lowest BCUT2D eigenvalue weighted by atomic mass is 10.0. The van der Waals surface area contributed by atoms with Gasteiger partial charge >= 0.3 is 0 Å². The topological polar surface area (TPSA) is 44.1 Å². The molecule has 0 N–H and O–H groups in total. The average molecular weight is 265 g/mol. The molecule has 0 radical (unpaired) electrons. The zero-order valence-electron chi connectivity index (χ0n) is 10.4. The van der Waals surface area contributed by atoms with Gasteiger partial charge in [-0.05, 0) is 19.1 Å². The Bertz CT molecular complexity index is 605. The van der Waals surface area contributed by atoms with Crippen molar-refractivity contribution in [3.8, 4) is 5.75 Å². The number of hydrogen-bond donors (Lipinski definition) is 0. The van der Waals surface area contributed by atoms with Crippen LogP contribution in [0.4, 0.5) is 0 Å². The molecule has 0 saturated carbocycles. The Morgan fingerprint density at radius 2 is 2.17 bits per heavy atom. The number of aromatic nitrogens is 2. The summed E-state index contributed by atoms with van der Waals surface area (Å²) in [6.45, 7) is 1.76. The smallest absolute Gasteiger partial charge is 0.198 e. The highest BCUT2D eigenvalue weighted by molar-refractivity contribution is 6.34. The van der Waals surface area contributed by atoms with E-state index in [-0.39, 0.29) is 5.78 Å². The molecule has 1 heterocycles. The second kappa shape index (κ2) is 4.82. The molecular weight excluding hydrogens is 252 g/mol. The average Bonchev–Trinajstić information content (AvgIpc) is 2.62. The molecule has 18 heavy (non-hydrogen) atoms. The number of carbonyl (C=O) groups is 1. The van der Waals surface area contributed by atoms with Crippen molar-refractivity contribution in [3.63, 3.8) is 0 Å². The normalized spacial score (nSPS) is 10.4. The fraction of sp³-hybridized carbons (Fsp3) is 0.231. The summed E-state index contributed by atoms with van der Waals surface area (Å²) in [5.74, 6) is 0.489. The van der Waals surface area contributed by atoms with Crippen molar-refractivity contribution in [2.24, 2.45) is 7.05 Å². The van der Waals surface area contributed by atoms with Crippen molar-refractivity contribution in [1.29, 1.82) is 0 Å². The predicted molar refractivity (Wildman–Crippen MR) is 69.4 cm³/mol. The van der Waals surface area contributed by atoms with Gasteiger partial charge in [-0.25, -0.2) is 0 Å². The maximum atomic E-state index is 12.4. The van der Waals surface area contributed by atoms with E-state index in [2.05, 4.69) is 5.10 Å². The van der Waals surface area contributed by atoms with Gasteiger partial charge in [0.25, 0.3) is 0 Å².